The second-order valence-electron chi connectivity index (χ2n) is 4.46. The van der Waals surface area contributed by atoms with E-state index in [0.717, 1.165) is 0 Å². The third kappa shape index (κ3) is 4.30. The van der Waals surface area contributed by atoms with Gasteiger partial charge in [-0.2, -0.15) is 0 Å². The zero-order chi connectivity index (χ0) is 17.0. The van der Waals surface area contributed by atoms with Gasteiger partial charge in [0.25, 0.3) is 5.91 Å². The lowest BCUT2D eigenvalue weighted by Crippen LogP contribution is -2.30. The number of nitrogens with one attached hydrogen (secondary N) is 1. The van der Waals surface area contributed by atoms with Crippen molar-refractivity contribution in [3.63, 3.8) is 0 Å². The number of rotatable bonds is 5. The molecule has 0 saturated heterocycles. The highest BCUT2D eigenvalue weighted by Gasteiger charge is 2.22. The van der Waals surface area contributed by atoms with Gasteiger partial charge in [-0.1, -0.05) is 23.2 Å². The van der Waals surface area contributed by atoms with Crippen LogP contribution < -0.4 is 10.1 Å². The lowest BCUT2D eigenvalue weighted by molar-refractivity contribution is -0.390. The number of ether oxygens (including phenoxy) is 1. The van der Waals surface area contributed by atoms with Gasteiger partial charge in [0.1, 0.15) is 6.20 Å². The summed E-state index contributed by atoms with van der Waals surface area (Å²) in [5.74, 6) is -1.10. The van der Waals surface area contributed by atoms with Crippen LogP contribution in [-0.4, -0.2) is 21.9 Å². The summed E-state index contributed by atoms with van der Waals surface area (Å²) in [5.41, 5.74) is 0.320. The predicted octanol–water partition coefficient (Wildman–Crippen LogP) is 3.70. The molecule has 0 saturated carbocycles. The van der Waals surface area contributed by atoms with Gasteiger partial charge in [-0.05, 0) is 47.2 Å². The zero-order valence-corrected chi connectivity index (χ0v) is 13.3. The molecule has 0 aliphatic rings. The number of amides is 1. The molecule has 1 N–H and O–H groups in total. The molecule has 23 heavy (non-hydrogen) atoms. The van der Waals surface area contributed by atoms with Crippen molar-refractivity contribution in [3.8, 4) is 5.75 Å². The highest BCUT2D eigenvalue weighted by Crippen LogP contribution is 2.27. The molecule has 9 heteroatoms. The molecule has 120 valence electrons. The van der Waals surface area contributed by atoms with Crippen molar-refractivity contribution in [2.45, 2.75) is 13.0 Å². The Morgan fingerprint density at radius 1 is 1.39 bits per heavy atom. The number of benzene rings is 1. The smallest absolute Gasteiger partial charge is 0.406 e. The summed E-state index contributed by atoms with van der Waals surface area (Å²) in [6, 6.07) is 7.44. The van der Waals surface area contributed by atoms with Gasteiger partial charge < -0.3 is 20.2 Å². The largest absolute Gasteiger partial charge is 0.473 e. The molecular weight excluding hydrogens is 345 g/mol. The Labute approximate surface area is 141 Å². The van der Waals surface area contributed by atoms with Crippen LogP contribution in [0, 0.1) is 10.1 Å². The average Bonchev–Trinajstić information content (AvgIpc) is 2.51. The fourth-order valence-electron chi connectivity index (χ4n) is 1.68. The molecule has 2 aromatic rings. The van der Waals surface area contributed by atoms with Gasteiger partial charge in [-0.15, -0.1) is 0 Å². The van der Waals surface area contributed by atoms with Crippen molar-refractivity contribution >= 4 is 40.6 Å². The zero-order valence-electron chi connectivity index (χ0n) is 11.8. The summed E-state index contributed by atoms with van der Waals surface area (Å²) < 4.78 is 5.32. The van der Waals surface area contributed by atoms with Gasteiger partial charge >= 0.3 is 5.82 Å². The molecular formula is C14H11Cl2N3O4. The van der Waals surface area contributed by atoms with Crippen molar-refractivity contribution in [2.75, 3.05) is 5.32 Å². The van der Waals surface area contributed by atoms with Gasteiger partial charge in [0.2, 0.25) is 5.75 Å². The monoisotopic (exact) mass is 355 g/mol. The van der Waals surface area contributed by atoms with E-state index in [9.17, 15) is 14.9 Å². The summed E-state index contributed by atoms with van der Waals surface area (Å²) in [5, 5.41) is 14.1. The fraction of sp³-hybridized carbons (Fsp3) is 0.143. The van der Waals surface area contributed by atoms with Crippen molar-refractivity contribution in [3.05, 3.63) is 56.7 Å². The first-order chi connectivity index (χ1) is 10.9. The maximum atomic E-state index is 12.1. The van der Waals surface area contributed by atoms with E-state index >= 15 is 0 Å². The highest BCUT2D eigenvalue weighted by atomic mass is 35.5. The molecule has 0 bridgehead atoms. The third-order valence-electron chi connectivity index (χ3n) is 2.78. The van der Waals surface area contributed by atoms with Gasteiger partial charge in [-0.3, -0.25) is 4.79 Å². The van der Waals surface area contributed by atoms with Gasteiger partial charge in [0.15, 0.2) is 6.10 Å². The van der Waals surface area contributed by atoms with Crippen molar-refractivity contribution < 1.29 is 14.5 Å². The van der Waals surface area contributed by atoms with E-state index in [1.165, 1.54) is 37.4 Å². The molecule has 1 amide bonds. The van der Waals surface area contributed by atoms with Crippen molar-refractivity contribution in [1.29, 1.82) is 0 Å². The minimum Gasteiger partial charge on any atom is -0.473 e. The van der Waals surface area contributed by atoms with E-state index in [1.54, 1.807) is 6.07 Å². The minimum atomic E-state index is -1.01. The second-order valence-corrected chi connectivity index (χ2v) is 5.30. The Morgan fingerprint density at radius 3 is 2.83 bits per heavy atom. The first kappa shape index (κ1) is 17.0. The Morgan fingerprint density at radius 2 is 2.13 bits per heavy atom. The topological polar surface area (TPSA) is 94.4 Å². The van der Waals surface area contributed by atoms with Crippen LogP contribution in [0.4, 0.5) is 11.5 Å². The number of hydrogen-bond acceptors (Lipinski definition) is 5. The maximum Gasteiger partial charge on any atom is 0.406 e. The van der Waals surface area contributed by atoms with Crippen molar-refractivity contribution in [2.24, 2.45) is 0 Å². The summed E-state index contributed by atoms with van der Waals surface area (Å²) in [4.78, 5) is 25.9. The lowest BCUT2D eigenvalue weighted by Gasteiger charge is -2.15. The van der Waals surface area contributed by atoms with E-state index in [2.05, 4.69) is 10.3 Å². The van der Waals surface area contributed by atoms with Gasteiger partial charge in [-0.25, -0.2) is 0 Å². The number of pyridine rings is 1. The summed E-state index contributed by atoms with van der Waals surface area (Å²) >= 11 is 11.8. The average molecular weight is 356 g/mol. The third-order valence-corrected chi connectivity index (χ3v) is 3.35. The van der Waals surface area contributed by atoms with Crippen LogP contribution in [-0.2, 0) is 4.79 Å². The first-order valence-electron chi connectivity index (χ1n) is 6.40. The van der Waals surface area contributed by atoms with Crippen LogP contribution in [0.25, 0.3) is 0 Å². The SMILES string of the molecule is CC(Oc1cccnc1[N+](=O)[O-])C(=O)Nc1cc(Cl)ccc1Cl. The maximum absolute atomic E-state index is 12.1. The molecule has 1 unspecified atom stereocenters. The number of carbonyl (C=O) groups excluding carboxylic acids is 1. The minimum absolute atomic E-state index is 0.0997. The van der Waals surface area contributed by atoms with E-state index in [1.807, 2.05) is 0 Å². The van der Waals surface area contributed by atoms with E-state index in [4.69, 9.17) is 27.9 Å². The van der Waals surface area contributed by atoms with Crippen LogP contribution in [0.15, 0.2) is 36.5 Å². The summed E-state index contributed by atoms with van der Waals surface area (Å²) in [6.45, 7) is 1.45. The molecule has 2 rings (SSSR count). The molecule has 1 aromatic heterocycles. The Balaban J connectivity index is 2.12. The summed E-state index contributed by atoms with van der Waals surface area (Å²) in [7, 11) is 0. The van der Waals surface area contributed by atoms with Crippen LogP contribution in [0.1, 0.15) is 6.92 Å². The number of hydrogen-bond donors (Lipinski definition) is 1. The Hall–Kier alpha value is -2.38. The van der Waals surface area contributed by atoms with Crippen LogP contribution in [0.3, 0.4) is 0 Å². The molecule has 0 aliphatic carbocycles. The summed E-state index contributed by atoms with van der Waals surface area (Å²) in [6.07, 6.45) is 0.259. The number of aromatic nitrogens is 1. The Kier molecular flexibility index (Phi) is 5.36. The molecule has 0 radical (unpaired) electrons. The predicted molar refractivity (Wildman–Crippen MR) is 86.1 cm³/mol. The van der Waals surface area contributed by atoms with Crippen LogP contribution in [0.2, 0.25) is 10.0 Å². The van der Waals surface area contributed by atoms with Crippen molar-refractivity contribution in [1.82, 2.24) is 4.98 Å². The van der Waals surface area contributed by atoms with Gasteiger partial charge in [0, 0.05) is 5.02 Å². The first-order valence-corrected chi connectivity index (χ1v) is 7.16. The number of halogens is 2. The molecule has 1 atom stereocenters. The normalized spacial score (nSPS) is 11.6. The fourth-order valence-corrected chi connectivity index (χ4v) is 2.02. The standard InChI is InChI=1S/C14H11Cl2N3O4/c1-8(23-12-3-2-6-17-13(12)19(21)22)14(20)18-11-7-9(15)4-5-10(11)16/h2-8H,1H3,(H,18,20). The lowest BCUT2D eigenvalue weighted by atomic mass is 10.3. The molecule has 0 fully saturated rings. The molecule has 1 aromatic carbocycles. The second kappa shape index (κ2) is 7.26. The van der Waals surface area contributed by atoms with E-state index < -0.39 is 22.8 Å². The van der Waals surface area contributed by atoms with Crippen LogP contribution in [0.5, 0.6) is 5.75 Å². The van der Waals surface area contributed by atoms with Gasteiger partial charge in [0.05, 0.1) is 10.7 Å². The molecule has 0 aliphatic heterocycles. The Bertz CT molecular complexity index is 755. The van der Waals surface area contributed by atoms with Crippen LogP contribution >= 0.6 is 23.2 Å². The highest BCUT2D eigenvalue weighted by molar-refractivity contribution is 6.35. The van der Waals surface area contributed by atoms with E-state index in [0.29, 0.717) is 15.7 Å². The molecule has 7 nitrogen and oxygen atoms in total. The van der Waals surface area contributed by atoms with E-state index in [-0.39, 0.29) is 5.75 Å². The number of anilines is 1. The molecule has 0 spiro atoms. The number of nitro groups is 1. The quantitative estimate of drug-likeness (QED) is 0.651. The number of nitrogens with zero attached hydrogens (tertiary/aromatic N) is 2. The number of carbonyl (C=O) groups is 1. The molecule has 1 heterocycles.